The van der Waals surface area contributed by atoms with Gasteiger partial charge in [-0.15, -0.1) is 0 Å². The number of carbonyl (C=O) groups is 1. The molecular formula is C15H18BrNO3. The highest BCUT2D eigenvalue weighted by molar-refractivity contribution is 9.10. The summed E-state index contributed by atoms with van der Waals surface area (Å²) in [6.07, 6.45) is 1.51. The molecule has 0 N–H and O–H groups in total. The van der Waals surface area contributed by atoms with Crippen molar-refractivity contribution in [3.63, 3.8) is 0 Å². The van der Waals surface area contributed by atoms with Gasteiger partial charge in [-0.2, -0.15) is 0 Å². The summed E-state index contributed by atoms with van der Waals surface area (Å²) in [6, 6.07) is 5.81. The van der Waals surface area contributed by atoms with Crippen molar-refractivity contribution >= 4 is 21.8 Å². The van der Waals surface area contributed by atoms with Gasteiger partial charge in [0.05, 0.1) is 13.2 Å². The maximum absolute atomic E-state index is 12.5. The van der Waals surface area contributed by atoms with E-state index in [-0.39, 0.29) is 5.91 Å². The zero-order valence-electron chi connectivity index (χ0n) is 11.5. The van der Waals surface area contributed by atoms with Crippen LogP contribution < -0.4 is 0 Å². The number of ether oxygens (including phenoxy) is 2. The smallest absolute Gasteiger partial charge is 0.253 e. The van der Waals surface area contributed by atoms with Gasteiger partial charge < -0.3 is 14.4 Å². The summed E-state index contributed by atoms with van der Waals surface area (Å²) in [5, 5.41) is 0. The van der Waals surface area contributed by atoms with Crippen LogP contribution in [0.1, 0.15) is 28.8 Å². The fourth-order valence-corrected chi connectivity index (χ4v) is 3.49. The molecule has 0 atom stereocenters. The minimum absolute atomic E-state index is 0.0854. The van der Waals surface area contributed by atoms with E-state index in [9.17, 15) is 4.79 Å². The van der Waals surface area contributed by atoms with E-state index in [1.54, 1.807) is 0 Å². The molecule has 1 aromatic carbocycles. The monoisotopic (exact) mass is 339 g/mol. The number of piperidine rings is 1. The number of hydrogen-bond donors (Lipinski definition) is 0. The van der Waals surface area contributed by atoms with Crippen LogP contribution in [0.25, 0.3) is 0 Å². The molecular weight excluding hydrogens is 322 g/mol. The van der Waals surface area contributed by atoms with Gasteiger partial charge in [-0.05, 0) is 30.7 Å². The van der Waals surface area contributed by atoms with E-state index in [2.05, 4.69) is 15.9 Å². The number of amides is 1. The van der Waals surface area contributed by atoms with Gasteiger partial charge in [0.25, 0.3) is 5.91 Å². The second kappa shape index (κ2) is 5.47. The Morgan fingerprint density at radius 3 is 2.45 bits per heavy atom. The van der Waals surface area contributed by atoms with Crippen molar-refractivity contribution in [3.8, 4) is 0 Å². The lowest BCUT2D eigenvalue weighted by Crippen LogP contribution is -2.47. The summed E-state index contributed by atoms with van der Waals surface area (Å²) in [7, 11) is 0. The fourth-order valence-electron chi connectivity index (χ4n) is 2.88. The van der Waals surface area contributed by atoms with Crippen molar-refractivity contribution in [1.29, 1.82) is 0 Å². The standard InChI is InChI=1S/C15H18BrNO3/c1-11-8-12(10-13(16)9-11)14(18)17-4-2-15(3-5-17)19-6-7-20-15/h8-10H,2-7H2,1H3. The van der Waals surface area contributed by atoms with Gasteiger partial charge in [0.2, 0.25) is 0 Å². The van der Waals surface area contributed by atoms with Gasteiger partial charge in [0.15, 0.2) is 5.79 Å². The number of nitrogens with zero attached hydrogens (tertiary/aromatic N) is 1. The highest BCUT2D eigenvalue weighted by atomic mass is 79.9. The van der Waals surface area contributed by atoms with Crippen LogP contribution in [0.15, 0.2) is 22.7 Å². The SMILES string of the molecule is Cc1cc(Br)cc(C(=O)N2CCC3(CC2)OCCO3)c1. The van der Waals surface area contributed by atoms with Gasteiger partial charge in [-0.25, -0.2) is 0 Å². The number of likely N-dealkylation sites (tertiary alicyclic amines) is 1. The van der Waals surface area contributed by atoms with Crippen LogP contribution in [0.2, 0.25) is 0 Å². The van der Waals surface area contributed by atoms with Crippen LogP contribution in [-0.4, -0.2) is 42.9 Å². The number of rotatable bonds is 1. The Labute approximate surface area is 127 Å². The first-order valence-corrected chi connectivity index (χ1v) is 7.72. The summed E-state index contributed by atoms with van der Waals surface area (Å²) in [4.78, 5) is 14.4. The average Bonchev–Trinajstić information content (AvgIpc) is 2.86. The van der Waals surface area contributed by atoms with Crippen molar-refractivity contribution in [1.82, 2.24) is 4.90 Å². The number of carbonyl (C=O) groups excluding carboxylic acids is 1. The highest BCUT2D eigenvalue weighted by Gasteiger charge is 2.40. The Balaban J connectivity index is 1.69. The predicted molar refractivity (Wildman–Crippen MR) is 78.7 cm³/mol. The minimum Gasteiger partial charge on any atom is -0.347 e. The van der Waals surface area contributed by atoms with E-state index in [1.165, 1.54) is 0 Å². The molecule has 0 bridgehead atoms. The van der Waals surface area contributed by atoms with Crippen LogP contribution in [0.4, 0.5) is 0 Å². The van der Waals surface area contributed by atoms with Gasteiger partial charge in [-0.1, -0.05) is 15.9 Å². The average molecular weight is 340 g/mol. The maximum Gasteiger partial charge on any atom is 0.253 e. The molecule has 0 unspecified atom stereocenters. The Morgan fingerprint density at radius 2 is 1.85 bits per heavy atom. The number of halogens is 1. The molecule has 0 radical (unpaired) electrons. The lowest BCUT2D eigenvalue weighted by molar-refractivity contribution is -0.181. The maximum atomic E-state index is 12.5. The summed E-state index contributed by atoms with van der Waals surface area (Å²) < 4.78 is 12.3. The molecule has 20 heavy (non-hydrogen) atoms. The van der Waals surface area contributed by atoms with Gasteiger partial charge in [0, 0.05) is 36.0 Å². The van der Waals surface area contributed by atoms with E-state index in [0.717, 1.165) is 28.4 Å². The second-order valence-corrected chi connectivity index (χ2v) is 6.33. The fraction of sp³-hybridized carbons (Fsp3) is 0.533. The van der Waals surface area contributed by atoms with E-state index in [1.807, 2.05) is 30.0 Å². The van der Waals surface area contributed by atoms with Gasteiger partial charge in [0.1, 0.15) is 0 Å². The molecule has 0 aliphatic carbocycles. The zero-order chi connectivity index (χ0) is 14.2. The third-order valence-corrected chi connectivity index (χ3v) is 4.37. The van der Waals surface area contributed by atoms with Crippen molar-refractivity contribution in [2.75, 3.05) is 26.3 Å². The Hall–Kier alpha value is -0.910. The molecule has 0 saturated carbocycles. The third-order valence-electron chi connectivity index (χ3n) is 3.92. The molecule has 2 aliphatic heterocycles. The van der Waals surface area contributed by atoms with Crippen molar-refractivity contribution in [2.24, 2.45) is 0 Å². The molecule has 2 aliphatic rings. The second-order valence-electron chi connectivity index (χ2n) is 5.42. The molecule has 4 nitrogen and oxygen atoms in total. The van der Waals surface area contributed by atoms with Crippen LogP contribution in [0.5, 0.6) is 0 Å². The number of benzene rings is 1. The lowest BCUT2D eigenvalue weighted by atomic mass is 10.0. The molecule has 3 rings (SSSR count). The quantitative estimate of drug-likeness (QED) is 0.789. The van der Waals surface area contributed by atoms with Crippen molar-refractivity contribution in [2.45, 2.75) is 25.6 Å². The van der Waals surface area contributed by atoms with E-state index >= 15 is 0 Å². The van der Waals surface area contributed by atoms with Crippen LogP contribution in [0, 0.1) is 6.92 Å². The molecule has 5 heteroatoms. The normalized spacial score (nSPS) is 21.4. The molecule has 1 aromatic rings. The number of hydrogen-bond acceptors (Lipinski definition) is 3. The molecule has 1 spiro atoms. The van der Waals surface area contributed by atoms with Crippen LogP contribution in [0.3, 0.4) is 0 Å². The van der Waals surface area contributed by atoms with Gasteiger partial charge in [-0.3, -0.25) is 4.79 Å². The molecule has 1 amide bonds. The summed E-state index contributed by atoms with van der Waals surface area (Å²) in [5.41, 5.74) is 1.82. The van der Waals surface area contributed by atoms with Crippen molar-refractivity contribution < 1.29 is 14.3 Å². The molecule has 0 aromatic heterocycles. The first-order chi connectivity index (χ1) is 9.58. The van der Waals surface area contributed by atoms with Crippen molar-refractivity contribution in [3.05, 3.63) is 33.8 Å². The molecule has 2 fully saturated rings. The molecule has 2 heterocycles. The molecule has 2 saturated heterocycles. The summed E-state index contributed by atoms with van der Waals surface area (Å²) in [5.74, 6) is -0.341. The Kier molecular flexibility index (Phi) is 3.84. The largest absolute Gasteiger partial charge is 0.347 e. The topological polar surface area (TPSA) is 38.8 Å². The Morgan fingerprint density at radius 1 is 1.20 bits per heavy atom. The van der Waals surface area contributed by atoms with Crippen LogP contribution in [-0.2, 0) is 9.47 Å². The number of aryl methyl sites for hydroxylation is 1. The van der Waals surface area contributed by atoms with Gasteiger partial charge >= 0.3 is 0 Å². The van der Waals surface area contributed by atoms with E-state index < -0.39 is 5.79 Å². The third kappa shape index (κ3) is 2.75. The molecule has 108 valence electrons. The van der Waals surface area contributed by atoms with Crippen LogP contribution >= 0.6 is 15.9 Å². The predicted octanol–water partition coefficient (Wildman–Crippen LogP) is 2.74. The zero-order valence-corrected chi connectivity index (χ0v) is 13.1. The summed E-state index contributed by atoms with van der Waals surface area (Å²) >= 11 is 3.44. The first-order valence-electron chi connectivity index (χ1n) is 6.92. The van der Waals surface area contributed by atoms with E-state index in [4.69, 9.17) is 9.47 Å². The Bertz CT molecular complexity index is 496. The first kappa shape index (κ1) is 14.0. The minimum atomic E-state index is -0.427. The summed E-state index contributed by atoms with van der Waals surface area (Å²) in [6.45, 7) is 4.69. The lowest BCUT2D eigenvalue weighted by Gasteiger charge is -2.37. The van der Waals surface area contributed by atoms with E-state index in [0.29, 0.717) is 26.3 Å². The highest BCUT2D eigenvalue weighted by Crippen LogP contribution is 2.31.